The van der Waals surface area contributed by atoms with Crippen LogP contribution in [0.1, 0.15) is 23.3 Å². The molecule has 0 radical (unpaired) electrons. The fourth-order valence-electron chi connectivity index (χ4n) is 3.47. The minimum absolute atomic E-state index is 0.262. The maximum atomic E-state index is 11.7. The highest BCUT2D eigenvalue weighted by Gasteiger charge is 2.20. The van der Waals surface area contributed by atoms with Gasteiger partial charge in [-0.3, -0.25) is 0 Å². The van der Waals surface area contributed by atoms with Crippen molar-refractivity contribution in [2.24, 2.45) is 0 Å². The molecule has 0 amide bonds. The van der Waals surface area contributed by atoms with E-state index in [9.17, 15) is 8.42 Å². The second kappa shape index (κ2) is 9.94. The molecule has 1 aliphatic heterocycles. The van der Waals surface area contributed by atoms with E-state index in [1.165, 1.54) is 11.8 Å². The summed E-state index contributed by atoms with van der Waals surface area (Å²) in [5, 5.41) is 3.78. The van der Waals surface area contributed by atoms with E-state index < -0.39 is 15.1 Å². The lowest BCUT2D eigenvalue weighted by molar-refractivity contribution is 0.159. The Balaban J connectivity index is 1.47. The number of benzene rings is 2. The standard InChI is InChI=1S/C22H29ClN2O3S/c1-17(29(2,26)27)19-6-8-22(9-7-19)28-16-21-15-25(13-11-24-21)12-10-18-4-3-5-20(23)14-18/h3-9,14,17,21,24H,10-13,15-16H2,1-2H3/t17-,21-/m0/s1. The first-order valence-corrected chi connectivity index (χ1v) is 12.3. The monoisotopic (exact) mass is 436 g/mol. The molecule has 0 bridgehead atoms. The number of halogens is 1. The molecule has 1 fully saturated rings. The normalized spacial score (nSPS) is 19.1. The maximum absolute atomic E-state index is 11.7. The average molecular weight is 437 g/mol. The molecule has 0 spiro atoms. The van der Waals surface area contributed by atoms with Crippen LogP contribution >= 0.6 is 11.6 Å². The minimum Gasteiger partial charge on any atom is -0.492 e. The summed E-state index contributed by atoms with van der Waals surface area (Å²) in [7, 11) is -3.10. The third-order valence-electron chi connectivity index (χ3n) is 5.39. The van der Waals surface area contributed by atoms with Crippen LogP contribution in [0.4, 0.5) is 0 Å². The van der Waals surface area contributed by atoms with Gasteiger partial charge < -0.3 is 15.0 Å². The number of ether oxygens (including phenoxy) is 1. The van der Waals surface area contributed by atoms with Gasteiger partial charge in [0, 0.05) is 37.5 Å². The van der Waals surface area contributed by atoms with Gasteiger partial charge in [-0.05, 0) is 48.7 Å². The fourth-order valence-corrected chi connectivity index (χ4v) is 4.33. The van der Waals surface area contributed by atoms with Crippen molar-refractivity contribution in [3.8, 4) is 5.75 Å². The molecule has 29 heavy (non-hydrogen) atoms. The average Bonchev–Trinajstić information content (AvgIpc) is 2.70. The molecule has 5 nitrogen and oxygen atoms in total. The van der Waals surface area contributed by atoms with Gasteiger partial charge in [0.25, 0.3) is 0 Å². The largest absolute Gasteiger partial charge is 0.492 e. The lowest BCUT2D eigenvalue weighted by Gasteiger charge is -2.33. The predicted molar refractivity (Wildman–Crippen MR) is 119 cm³/mol. The zero-order valence-electron chi connectivity index (χ0n) is 17.0. The van der Waals surface area contributed by atoms with Crippen LogP contribution in [0, 0.1) is 0 Å². The van der Waals surface area contributed by atoms with E-state index in [2.05, 4.69) is 16.3 Å². The molecule has 1 heterocycles. The molecule has 0 aliphatic carbocycles. The van der Waals surface area contributed by atoms with E-state index in [1.807, 2.05) is 42.5 Å². The summed E-state index contributed by atoms with van der Waals surface area (Å²) in [6.07, 6.45) is 2.24. The van der Waals surface area contributed by atoms with E-state index in [0.29, 0.717) is 6.61 Å². The van der Waals surface area contributed by atoms with Crippen molar-refractivity contribution in [2.75, 3.05) is 39.0 Å². The number of hydrogen-bond acceptors (Lipinski definition) is 5. The zero-order chi connectivity index (χ0) is 20.9. The SMILES string of the molecule is C[C@@H](c1ccc(OC[C@@H]2CN(CCc3cccc(Cl)c3)CCN2)cc1)S(C)(=O)=O. The van der Waals surface area contributed by atoms with Gasteiger partial charge in [0.2, 0.25) is 0 Å². The Morgan fingerprint density at radius 1 is 1.24 bits per heavy atom. The highest BCUT2D eigenvalue weighted by atomic mass is 35.5. The number of hydrogen-bond donors (Lipinski definition) is 1. The summed E-state index contributed by atoms with van der Waals surface area (Å²) >= 11 is 6.07. The first-order chi connectivity index (χ1) is 13.8. The topological polar surface area (TPSA) is 58.6 Å². The van der Waals surface area contributed by atoms with E-state index in [1.54, 1.807) is 6.92 Å². The smallest absolute Gasteiger partial charge is 0.154 e. The quantitative estimate of drug-likeness (QED) is 0.687. The van der Waals surface area contributed by atoms with Gasteiger partial charge in [0.15, 0.2) is 9.84 Å². The molecule has 2 aromatic carbocycles. The van der Waals surface area contributed by atoms with Gasteiger partial charge >= 0.3 is 0 Å². The molecule has 2 aromatic rings. The number of nitrogens with one attached hydrogen (secondary N) is 1. The molecular formula is C22H29ClN2O3S. The van der Waals surface area contributed by atoms with E-state index in [4.69, 9.17) is 16.3 Å². The second-order valence-corrected chi connectivity index (χ2v) is 10.5. The maximum Gasteiger partial charge on any atom is 0.154 e. The van der Waals surface area contributed by atoms with Gasteiger partial charge in [-0.2, -0.15) is 0 Å². The fraction of sp³-hybridized carbons (Fsp3) is 0.455. The third kappa shape index (κ3) is 6.71. The van der Waals surface area contributed by atoms with Crippen LogP contribution < -0.4 is 10.1 Å². The van der Waals surface area contributed by atoms with E-state index in [-0.39, 0.29) is 6.04 Å². The minimum atomic E-state index is -3.10. The van der Waals surface area contributed by atoms with Crippen LogP contribution in [0.2, 0.25) is 5.02 Å². The summed E-state index contributed by atoms with van der Waals surface area (Å²) in [5.41, 5.74) is 2.04. The highest BCUT2D eigenvalue weighted by molar-refractivity contribution is 7.90. The van der Waals surface area contributed by atoms with Gasteiger partial charge in [-0.1, -0.05) is 35.9 Å². The van der Waals surface area contributed by atoms with E-state index >= 15 is 0 Å². The Bertz CT molecular complexity index is 903. The molecule has 0 unspecified atom stereocenters. The molecule has 0 aromatic heterocycles. The highest BCUT2D eigenvalue weighted by Crippen LogP contribution is 2.23. The van der Waals surface area contributed by atoms with E-state index in [0.717, 1.165) is 48.9 Å². The molecular weight excluding hydrogens is 408 g/mol. The van der Waals surface area contributed by atoms with Crippen LogP contribution in [-0.4, -0.2) is 58.4 Å². The van der Waals surface area contributed by atoms with Crippen molar-refractivity contribution < 1.29 is 13.2 Å². The summed E-state index contributed by atoms with van der Waals surface area (Å²) < 4.78 is 29.3. The zero-order valence-corrected chi connectivity index (χ0v) is 18.5. The van der Waals surface area contributed by atoms with Crippen molar-refractivity contribution in [1.82, 2.24) is 10.2 Å². The van der Waals surface area contributed by atoms with Crippen LogP contribution in [0.25, 0.3) is 0 Å². The molecule has 1 saturated heterocycles. The van der Waals surface area contributed by atoms with Gasteiger partial charge in [0.1, 0.15) is 12.4 Å². The Kier molecular flexibility index (Phi) is 7.57. The number of rotatable bonds is 8. The Hall–Kier alpha value is -1.60. The number of piperazine rings is 1. The lowest BCUT2D eigenvalue weighted by Crippen LogP contribution is -2.53. The Morgan fingerprint density at radius 3 is 2.69 bits per heavy atom. The molecule has 3 rings (SSSR count). The van der Waals surface area contributed by atoms with Gasteiger partial charge in [-0.15, -0.1) is 0 Å². The summed E-state index contributed by atoms with van der Waals surface area (Å²) in [4.78, 5) is 2.45. The Morgan fingerprint density at radius 2 is 2.00 bits per heavy atom. The molecule has 1 N–H and O–H groups in total. The van der Waals surface area contributed by atoms with Crippen molar-refractivity contribution in [2.45, 2.75) is 24.6 Å². The first kappa shape index (κ1) is 22.1. The predicted octanol–water partition coefficient (Wildman–Crippen LogP) is 3.34. The lowest BCUT2D eigenvalue weighted by atomic mass is 10.1. The molecule has 7 heteroatoms. The van der Waals surface area contributed by atoms with Gasteiger partial charge in [0.05, 0.1) is 11.3 Å². The summed E-state index contributed by atoms with van der Waals surface area (Å²) in [5.74, 6) is 0.757. The molecule has 1 aliphatic rings. The third-order valence-corrected chi connectivity index (χ3v) is 7.18. The number of sulfone groups is 1. The molecule has 158 valence electrons. The summed E-state index contributed by atoms with van der Waals surface area (Å²) in [6, 6.07) is 15.6. The Labute approximate surface area is 178 Å². The van der Waals surface area contributed by atoms with Crippen LogP contribution in [0.3, 0.4) is 0 Å². The van der Waals surface area contributed by atoms with Gasteiger partial charge in [-0.25, -0.2) is 8.42 Å². The van der Waals surface area contributed by atoms with Crippen LogP contribution in [0.5, 0.6) is 5.75 Å². The van der Waals surface area contributed by atoms with Crippen molar-refractivity contribution in [3.63, 3.8) is 0 Å². The first-order valence-electron chi connectivity index (χ1n) is 9.93. The second-order valence-electron chi connectivity index (χ2n) is 7.68. The molecule has 2 atom stereocenters. The van der Waals surface area contributed by atoms with Crippen LogP contribution in [-0.2, 0) is 16.3 Å². The van der Waals surface area contributed by atoms with Crippen molar-refractivity contribution in [3.05, 3.63) is 64.7 Å². The number of nitrogens with zero attached hydrogens (tertiary/aromatic N) is 1. The van der Waals surface area contributed by atoms with Crippen LogP contribution in [0.15, 0.2) is 48.5 Å². The van der Waals surface area contributed by atoms with Crippen molar-refractivity contribution in [1.29, 1.82) is 0 Å². The summed E-state index contributed by atoms with van der Waals surface area (Å²) in [6.45, 7) is 6.17. The van der Waals surface area contributed by atoms with Crippen molar-refractivity contribution >= 4 is 21.4 Å². The molecule has 0 saturated carbocycles.